The van der Waals surface area contributed by atoms with E-state index in [9.17, 15) is 22.4 Å². The van der Waals surface area contributed by atoms with Gasteiger partial charge in [0.05, 0.1) is 17.2 Å². The second-order valence-electron chi connectivity index (χ2n) is 8.27. The number of fused-ring (bicyclic) bond motifs is 1. The molecule has 0 bridgehead atoms. The third-order valence-corrected chi connectivity index (χ3v) is 6.00. The van der Waals surface area contributed by atoms with E-state index < -0.39 is 29.5 Å². The molecule has 1 atom stereocenters. The number of halogens is 4. The monoisotopic (exact) mass is 460 g/mol. The average molecular weight is 460 g/mol. The number of benzene rings is 2. The summed E-state index contributed by atoms with van der Waals surface area (Å²) in [5.74, 6) is -1.00. The molecule has 33 heavy (non-hydrogen) atoms. The molecule has 1 aromatic heterocycles. The van der Waals surface area contributed by atoms with Crippen molar-refractivity contribution in [1.82, 2.24) is 15.2 Å². The van der Waals surface area contributed by atoms with Crippen molar-refractivity contribution in [2.24, 2.45) is 0 Å². The van der Waals surface area contributed by atoms with Gasteiger partial charge < -0.3 is 15.1 Å². The van der Waals surface area contributed by atoms with Crippen LogP contribution in [-0.2, 0) is 6.18 Å². The number of carbonyl (C=O) groups excluding carboxylic acids is 1. The van der Waals surface area contributed by atoms with E-state index in [1.165, 1.54) is 30.5 Å². The maximum Gasteiger partial charge on any atom is 0.417 e. The number of amides is 1. The standard InChI is InChI=1S/C24H24F4N4O/c1-15(18-12-16(25)6-7-22(18)32-10-8-31(2)9-11-32)30-23(33)20-14-29-13-19-17(20)4-3-5-21(19)24(26,27)28/h3-7,12-15H,8-11H2,1-2H3,(H,30,33). The van der Waals surface area contributed by atoms with E-state index in [1.54, 1.807) is 13.0 Å². The van der Waals surface area contributed by atoms with E-state index in [4.69, 9.17) is 0 Å². The molecule has 0 aliphatic carbocycles. The van der Waals surface area contributed by atoms with E-state index in [2.05, 4.69) is 20.1 Å². The molecule has 1 amide bonds. The highest BCUT2D eigenvalue weighted by molar-refractivity contribution is 6.07. The average Bonchev–Trinajstić information content (AvgIpc) is 2.78. The zero-order chi connectivity index (χ0) is 23.8. The van der Waals surface area contributed by atoms with Crippen LogP contribution in [0.15, 0.2) is 48.8 Å². The zero-order valence-electron chi connectivity index (χ0n) is 18.3. The molecule has 0 radical (unpaired) electrons. The van der Waals surface area contributed by atoms with Crippen LogP contribution in [0.25, 0.3) is 10.8 Å². The Morgan fingerprint density at radius 1 is 1.06 bits per heavy atom. The number of piperazine rings is 1. The van der Waals surface area contributed by atoms with Crippen molar-refractivity contribution in [3.05, 3.63) is 71.3 Å². The molecule has 1 saturated heterocycles. The molecule has 1 N–H and O–H groups in total. The Morgan fingerprint density at radius 3 is 2.48 bits per heavy atom. The first kappa shape index (κ1) is 23.0. The fourth-order valence-electron chi connectivity index (χ4n) is 4.18. The van der Waals surface area contributed by atoms with Crippen molar-refractivity contribution in [3.8, 4) is 0 Å². The van der Waals surface area contributed by atoms with Crippen molar-refractivity contribution >= 4 is 22.4 Å². The minimum Gasteiger partial charge on any atom is -0.369 e. The number of anilines is 1. The lowest BCUT2D eigenvalue weighted by molar-refractivity contribution is -0.136. The van der Waals surface area contributed by atoms with Gasteiger partial charge in [-0.2, -0.15) is 13.2 Å². The third-order valence-electron chi connectivity index (χ3n) is 6.00. The fourth-order valence-corrected chi connectivity index (χ4v) is 4.18. The van der Waals surface area contributed by atoms with Gasteiger partial charge in [-0.3, -0.25) is 9.78 Å². The first-order valence-electron chi connectivity index (χ1n) is 10.6. The maximum atomic E-state index is 14.1. The number of rotatable bonds is 4. The number of aromatic nitrogens is 1. The van der Waals surface area contributed by atoms with Gasteiger partial charge in [0, 0.05) is 55.2 Å². The van der Waals surface area contributed by atoms with Gasteiger partial charge in [0.1, 0.15) is 5.82 Å². The van der Waals surface area contributed by atoms with Crippen LogP contribution in [0.1, 0.15) is 34.5 Å². The Kier molecular flexibility index (Phi) is 6.25. The number of likely N-dealkylation sites (N-methyl/N-ethyl adjacent to an activating group) is 1. The van der Waals surface area contributed by atoms with Crippen molar-refractivity contribution < 1.29 is 22.4 Å². The Balaban J connectivity index is 1.64. The Bertz CT molecular complexity index is 1170. The Morgan fingerprint density at radius 2 is 1.79 bits per heavy atom. The van der Waals surface area contributed by atoms with E-state index in [0.29, 0.717) is 5.56 Å². The fraction of sp³-hybridized carbons (Fsp3) is 0.333. The van der Waals surface area contributed by atoms with Crippen LogP contribution in [0.3, 0.4) is 0 Å². The van der Waals surface area contributed by atoms with Crippen LogP contribution in [0.4, 0.5) is 23.2 Å². The lowest BCUT2D eigenvalue weighted by atomic mass is 10.0. The smallest absolute Gasteiger partial charge is 0.369 e. The lowest BCUT2D eigenvalue weighted by Crippen LogP contribution is -2.45. The minimum atomic E-state index is -4.57. The molecule has 1 aliphatic rings. The summed E-state index contributed by atoms with van der Waals surface area (Å²) >= 11 is 0. The summed E-state index contributed by atoms with van der Waals surface area (Å²) in [5.41, 5.74) is 0.616. The lowest BCUT2D eigenvalue weighted by Gasteiger charge is -2.36. The molecular weight excluding hydrogens is 436 g/mol. The van der Waals surface area contributed by atoms with Gasteiger partial charge in [-0.15, -0.1) is 0 Å². The Labute approximate surface area is 189 Å². The molecule has 9 heteroatoms. The SMILES string of the molecule is CC(NC(=O)c1cncc2c(C(F)(F)F)cccc12)c1cc(F)ccc1N1CCN(C)CC1. The largest absolute Gasteiger partial charge is 0.417 e. The van der Waals surface area contributed by atoms with Crippen LogP contribution >= 0.6 is 0 Å². The number of alkyl halides is 3. The number of hydrogen-bond acceptors (Lipinski definition) is 4. The first-order valence-corrected chi connectivity index (χ1v) is 10.6. The van der Waals surface area contributed by atoms with Gasteiger partial charge in [-0.25, -0.2) is 4.39 Å². The van der Waals surface area contributed by atoms with E-state index in [-0.39, 0.29) is 16.3 Å². The van der Waals surface area contributed by atoms with E-state index >= 15 is 0 Å². The van der Waals surface area contributed by atoms with Gasteiger partial charge in [-0.1, -0.05) is 12.1 Å². The molecule has 174 valence electrons. The zero-order valence-corrected chi connectivity index (χ0v) is 18.3. The third kappa shape index (κ3) is 4.78. The second kappa shape index (κ2) is 8.97. The van der Waals surface area contributed by atoms with Crippen LogP contribution < -0.4 is 10.2 Å². The topological polar surface area (TPSA) is 48.5 Å². The summed E-state index contributed by atoms with van der Waals surface area (Å²) in [5, 5.41) is 2.83. The molecule has 1 unspecified atom stereocenters. The van der Waals surface area contributed by atoms with Crippen LogP contribution in [0.2, 0.25) is 0 Å². The molecule has 3 aromatic rings. The highest BCUT2D eigenvalue weighted by Gasteiger charge is 2.33. The summed E-state index contributed by atoms with van der Waals surface area (Å²) in [6, 6.07) is 7.59. The van der Waals surface area contributed by atoms with Crippen molar-refractivity contribution in [2.75, 3.05) is 38.1 Å². The number of nitrogens with zero attached hydrogens (tertiary/aromatic N) is 3. The molecule has 0 saturated carbocycles. The van der Waals surface area contributed by atoms with Crippen LogP contribution in [0, 0.1) is 5.82 Å². The highest BCUT2D eigenvalue weighted by atomic mass is 19.4. The molecule has 4 rings (SSSR count). The minimum absolute atomic E-state index is 0.0306. The highest BCUT2D eigenvalue weighted by Crippen LogP contribution is 2.35. The summed E-state index contributed by atoms with van der Waals surface area (Å²) in [4.78, 5) is 21.3. The molecule has 5 nitrogen and oxygen atoms in total. The normalized spacial score (nSPS) is 16.1. The van der Waals surface area contributed by atoms with Gasteiger partial charge in [0.15, 0.2) is 0 Å². The predicted molar refractivity (Wildman–Crippen MR) is 119 cm³/mol. The maximum absolute atomic E-state index is 14.1. The number of pyridine rings is 1. The van der Waals surface area contributed by atoms with Crippen molar-refractivity contribution in [1.29, 1.82) is 0 Å². The van der Waals surface area contributed by atoms with Crippen LogP contribution in [0.5, 0.6) is 0 Å². The number of nitrogens with one attached hydrogen (secondary N) is 1. The number of carbonyl (C=O) groups is 1. The number of hydrogen-bond donors (Lipinski definition) is 1. The molecule has 2 aromatic carbocycles. The summed E-state index contributed by atoms with van der Waals surface area (Å²) in [7, 11) is 2.04. The Hall–Kier alpha value is -3.20. The molecule has 1 aliphatic heterocycles. The predicted octanol–water partition coefficient (Wildman–Crippen LogP) is 4.64. The van der Waals surface area contributed by atoms with E-state index in [1.807, 2.05) is 7.05 Å². The van der Waals surface area contributed by atoms with Crippen molar-refractivity contribution in [2.45, 2.75) is 19.1 Å². The summed E-state index contributed by atoms with van der Waals surface area (Å²) in [6.45, 7) is 4.99. The molecule has 2 heterocycles. The molecule has 0 spiro atoms. The first-order chi connectivity index (χ1) is 15.6. The summed E-state index contributed by atoms with van der Waals surface area (Å²) in [6.07, 6.45) is -2.21. The van der Waals surface area contributed by atoms with Crippen molar-refractivity contribution in [3.63, 3.8) is 0 Å². The second-order valence-corrected chi connectivity index (χ2v) is 8.27. The van der Waals surface area contributed by atoms with Crippen LogP contribution in [-0.4, -0.2) is 49.0 Å². The van der Waals surface area contributed by atoms with Gasteiger partial charge >= 0.3 is 6.18 Å². The quantitative estimate of drug-likeness (QED) is 0.577. The van der Waals surface area contributed by atoms with Gasteiger partial charge in [-0.05, 0) is 43.6 Å². The molecular formula is C24H24F4N4O. The van der Waals surface area contributed by atoms with E-state index in [0.717, 1.165) is 44.1 Å². The van der Waals surface area contributed by atoms with Gasteiger partial charge in [0.2, 0.25) is 0 Å². The molecule has 1 fully saturated rings. The summed E-state index contributed by atoms with van der Waals surface area (Å²) < 4.78 is 54.3. The van der Waals surface area contributed by atoms with Gasteiger partial charge in [0.25, 0.3) is 5.91 Å².